The first kappa shape index (κ1) is 11.0. The zero-order valence-corrected chi connectivity index (χ0v) is 8.92. The lowest BCUT2D eigenvalue weighted by Crippen LogP contribution is -2.32. The first-order valence-corrected chi connectivity index (χ1v) is 5.62. The van der Waals surface area contributed by atoms with Gasteiger partial charge in [0.2, 0.25) is 0 Å². The third-order valence-corrected chi connectivity index (χ3v) is 3.39. The summed E-state index contributed by atoms with van der Waals surface area (Å²) >= 11 is 0. The topological polar surface area (TPSA) is 32.3 Å². The van der Waals surface area contributed by atoms with E-state index in [1.807, 2.05) is 0 Å². The maximum Gasteiger partial charge on any atom is 0.0462 e. The van der Waals surface area contributed by atoms with Gasteiger partial charge >= 0.3 is 0 Å². The van der Waals surface area contributed by atoms with Crippen LogP contribution in [0.1, 0.15) is 39.5 Å². The minimum atomic E-state index is 0.382. The first-order valence-electron chi connectivity index (χ1n) is 5.62. The third-order valence-electron chi connectivity index (χ3n) is 3.39. The van der Waals surface area contributed by atoms with Gasteiger partial charge in [-0.3, -0.25) is 0 Å². The van der Waals surface area contributed by atoms with Gasteiger partial charge in [0.05, 0.1) is 0 Å². The molecule has 0 aliphatic heterocycles. The SMILES string of the molecule is CCC(C)NCC1CCCC1CO. The molecule has 2 N–H and O–H groups in total. The number of hydrogen-bond acceptors (Lipinski definition) is 2. The molecule has 0 spiro atoms. The average molecular weight is 185 g/mol. The van der Waals surface area contributed by atoms with E-state index in [0.717, 1.165) is 12.5 Å². The highest BCUT2D eigenvalue weighted by molar-refractivity contribution is 4.79. The van der Waals surface area contributed by atoms with E-state index in [-0.39, 0.29) is 0 Å². The van der Waals surface area contributed by atoms with Crippen LogP contribution in [0.4, 0.5) is 0 Å². The number of aliphatic hydroxyl groups is 1. The van der Waals surface area contributed by atoms with Crippen LogP contribution >= 0.6 is 0 Å². The van der Waals surface area contributed by atoms with E-state index < -0.39 is 0 Å². The van der Waals surface area contributed by atoms with Crippen LogP contribution in [-0.4, -0.2) is 24.3 Å². The predicted octanol–water partition coefficient (Wildman–Crippen LogP) is 1.78. The molecule has 3 atom stereocenters. The van der Waals surface area contributed by atoms with Crippen molar-refractivity contribution in [2.75, 3.05) is 13.2 Å². The van der Waals surface area contributed by atoms with E-state index >= 15 is 0 Å². The van der Waals surface area contributed by atoms with Crippen LogP contribution < -0.4 is 5.32 Å². The second-order valence-electron chi connectivity index (χ2n) is 4.35. The molecule has 0 aromatic heterocycles. The van der Waals surface area contributed by atoms with Crippen molar-refractivity contribution in [2.24, 2.45) is 11.8 Å². The lowest BCUT2D eigenvalue weighted by Gasteiger charge is -2.20. The molecule has 1 saturated carbocycles. The monoisotopic (exact) mass is 185 g/mol. The molecule has 13 heavy (non-hydrogen) atoms. The van der Waals surface area contributed by atoms with E-state index in [0.29, 0.717) is 18.6 Å². The summed E-state index contributed by atoms with van der Waals surface area (Å²) in [6.45, 7) is 5.91. The Labute approximate surface area is 81.7 Å². The Kier molecular flexibility index (Phi) is 4.74. The molecular formula is C11H23NO. The van der Waals surface area contributed by atoms with Gasteiger partial charge in [-0.05, 0) is 44.6 Å². The van der Waals surface area contributed by atoms with E-state index in [9.17, 15) is 0 Å². The van der Waals surface area contributed by atoms with Crippen LogP contribution in [0.2, 0.25) is 0 Å². The Morgan fingerprint density at radius 3 is 2.69 bits per heavy atom. The Balaban J connectivity index is 2.19. The molecule has 1 aliphatic rings. The summed E-state index contributed by atoms with van der Waals surface area (Å²) in [5, 5.41) is 12.7. The molecule has 1 fully saturated rings. The van der Waals surface area contributed by atoms with Gasteiger partial charge < -0.3 is 10.4 Å². The summed E-state index contributed by atoms with van der Waals surface area (Å²) in [5.41, 5.74) is 0. The molecule has 0 heterocycles. The van der Waals surface area contributed by atoms with Crippen LogP contribution in [0, 0.1) is 11.8 Å². The number of nitrogens with one attached hydrogen (secondary N) is 1. The highest BCUT2D eigenvalue weighted by atomic mass is 16.3. The first-order chi connectivity index (χ1) is 6.27. The highest BCUT2D eigenvalue weighted by Crippen LogP contribution is 2.30. The lowest BCUT2D eigenvalue weighted by molar-refractivity contribution is 0.190. The molecule has 0 radical (unpaired) electrons. The van der Waals surface area contributed by atoms with Crippen LogP contribution in [0.15, 0.2) is 0 Å². The highest BCUT2D eigenvalue weighted by Gasteiger charge is 2.26. The maximum atomic E-state index is 9.13. The van der Waals surface area contributed by atoms with Crippen molar-refractivity contribution in [2.45, 2.75) is 45.6 Å². The minimum absolute atomic E-state index is 0.382. The summed E-state index contributed by atoms with van der Waals surface area (Å²) < 4.78 is 0. The molecule has 1 rings (SSSR count). The lowest BCUT2D eigenvalue weighted by atomic mass is 9.96. The average Bonchev–Trinajstić information content (AvgIpc) is 2.61. The summed E-state index contributed by atoms with van der Waals surface area (Å²) in [6.07, 6.45) is 5.02. The van der Waals surface area contributed by atoms with Crippen molar-refractivity contribution < 1.29 is 5.11 Å². The van der Waals surface area contributed by atoms with Gasteiger partial charge in [0.15, 0.2) is 0 Å². The molecule has 78 valence electrons. The van der Waals surface area contributed by atoms with Gasteiger partial charge in [0.1, 0.15) is 0 Å². The predicted molar refractivity (Wildman–Crippen MR) is 55.7 cm³/mol. The maximum absolute atomic E-state index is 9.13. The quantitative estimate of drug-likeness (QED) is 0.684. The second kappa shape index (κ2) is 5.61. The van der Waals surface area contributed by atoms with E-state index in [2.05, 4.69) is 19.2 Å². The molecule has 3 unspecified atom stereocenters. The summed E-state index contributed by atoms with van der Waals surface area (Å²) in [7, 11) is 0. The van der Waals surface area contributed by atoms with Gasteiger partial charge in [-0.2, -0.15) is 0 Å². The molecule has 1 aliphatic carbocycles. The Morgan fingerprint density at radius 2 is 2.08 bits per heavy atom. The van der Waals surface area contributed by atoms with Gasteiger partial charge in [0, 0.05) is 12.6 Å². The van der Waals surface area contributed by atoms with E-state index in [1.165, 1.54) is 25.7 Å². The van der Waals surface area contributed by atoms with Crippen LogP contribution in [0.3, 0.4) is 0 Å². The van der Waals surface area contributed by atoms with E-state index in [1.54, 1.807) is 0 Å². The molecule has 0 aromatic carbocycles. The van der Waals surface area contributed by atoms with Crippen molar-refractivity contribution in [3.63, 3.8) is 0 Å². The van der Waals surface area contributed by atoms with Crippen molar-refractivity contribution in [1.82, 2.24) is 5.32 Å². The number of aliphatic hydroxyl groups excluding tert-OH is 1. The molecule has 2 heteroatoms. The zero-order valence-electron chi connectivity index (χ0n) is 8.92. The van der Waals surface area contributed by atoms with Gasteiger partial charge in [-0.15, -0.1) is 0 Å². The Morgan fingerprint density at radius 1 is 1.38 bits per heavy atom. The van der Waals surface area contributed by atoms with Crippen molar-refractivity contribution >= 4 is 0 Å². The second-order valence-corrected chi connectivity index (χ2v) is 4.35. The zero-order chi connectivity index (χ0) is 9.68. The van der Waals surface area contributed by atoms with Crippen LogP contribution in [-0.2, 0) is 0 Å². The number of hydrogen-bond donors (Lipinski definition) is 2. The number of rotatable bonds is 5. The molecule has 0 bridgehead atoms. The van der Waals surface area contributed by atoms with Crippen molar-refractivity contribution in [3.05, 3.63) is 0 Å². The van der Waals surface area contributed by atoms with Crippen LogP contribution in [0.5, 0.6) is 0 Å². The molecule has 0 saturated heterocycles. The summed E-state index contributed by atoms with van der Waals surface area (Å²) in [6, 6.07) is 0.625. The standard InChI is InChI=1S/C11H23NO/c1-3-9(2)12-7-10-5-4-6-11(10)8-13/h9-13H,3-8H2,1-2H3. The largest absolute Gasteiger partial charge is 0.396 e. The third kappa shape index (κ3) is 3.28. The fourth-order valence-electron chi connectivity index (χ4n) is 2.12. The Hall–Kier alpha value is -0.0800. The molecule has 0 amide bonds. The minimum Gasteiger partial charge on any atom is -0.396 e. The summed E-state index contributed by atoms with van der Waals surface area (Å²) in [4.78, 5) is 0. The van der Waals surface area contributed by atoms with Gasteiger partial charge in [-0.25, -0.2) is 0 Å². The van der Waals surface area contributed by atoms with Gasteiger partial charge in [0.25, 0.3) is 0 Å². The normalized spacial score (nSPS) is 30.7. The molecule has 2 nitrogen and oxygen atoms in total. The molecular weight excluding hydrogens is 162 g/mol. The fraction of sp³-hybridized carbons (Fsp3) is 1.00. The summed E-state index contributed by atoms with van der Waals surface area (Å²) in [5.74, 6) is 1.29. The molecule has 0 aromatic rings. The smallest absolute Gasteiger partial charge is 0.0462 e. The van der Waals surface area contributed by atoms with Gasteiger partial charge in [-0.1, -0.05) is 13.3 Å². The Bertz CT molecular complexity index is 138. The fourth-order valence-corrected chi connectivity index (χ4v) is 2.12. The van der Waals surface area contributed by atoms with Crippen LogP contribution in [0.25, 0.3) is 0 Å². The van der Waals surface area contributed by atoms with E-state index in [4.69, 9.17) is 5.11 Å². The van der Waals surface area contributed by atoms with Crippen molar-refractivity contribution in [3.8, 4) is 0 Å². The van der Waals surface area contributed by atoms with Crippen molar-refractivity contribution in [1.29, 1.82) is 0 Å².